The highest BCUT2D eigenvalue weighted by Gasteiger charge is 2.20. The molecule has 1 rings (SSSR count). The van der Waals surface area contributed by atoms with Crippen molar-refractivity contribution in [3.05, 3.63) is 35.4 Å². The van der Waals surface area contributed by atoms with Gasteiger partial charge in [-0.25, -0.2) is 0 Å². The Morgan fingerprint density at radius 1 is 1.37 bits per heavy atom. The van der Waals surface area contributed by atoms with Crippen molar-refractivity contribution in [3.8, 4) is 0 Å². The van der Waals surface area contributed by atoms with E-state index in [-0.39, 0.29) is 12.5 Å². The van der Waals surface area contributed by atoms with Crippen LogP contribution in [0.3, 0.4) is 0 Å². The Balaban J connectivity index is 2.37. The van der Waals surface area contributed by atoms with Gasteiger partial charge in [-0.1, -0.05) is 29.8 Å². The summed E-state index contributed by atoms with van der Waals surface area (Å²) in [5, 5.41) is 12.8. The molecule has 4 heteroatoms. The summed E-state index contributed by atoms with van der Waals surface area (Å²) in [4.78, 5) is 11.8. The molecule has 0 aliphatic rings. The number of carbonyl (C=O) groups is 1. The molecule has 1 aromatic carbocycles. The van der Waals surface area contributed by atoms with Gasteiger partial charge in [0.25, 0.3) is 0 Å². The molecule has 1 amide bonds. The molecule has 1 unspecified atom stereocenters. The lowest BCUT2D eigenvalue weighted by Gasteiger charge is -2.23. The molecule has 0 radical (unpaired) electrons. The number of aliphatic hydroxyl groups is 1. The molecule has 0 bridgehead atoms. The molecule has 19 heavy (non-hydrogen) atoms. The number of methoxy groups -OCH3 is 1. The Labute approximate surface area is 114 Å². The Bertz CT molecular complexity index is 398. The summed E-state index contributed by atoms with van der Waals surface area (Å²) in [5.41, 5.74) is 1.21. The first-order valence-electron chi connectivity index (χ1n) is 6.46. The lowest BCUT2D eigenvalue weighted by Crippen LogP contribution is -2.41. The number of aryl methyl sites for hydroxylation is 1. The zero-order chi connectivity index (χ0) is 14.3. The number of carbonyl (C=O) groups excluding carboxylic acids is 1. The van der Waals surface area contributed by atoms with E-state index in [1.54, 1.807) is 14.0 Å². The van der Waals surface area contributed by atoms with Crippen LogP contribution in [0, 0.1) is 6.92 Å². The minimum atomic E-state index is -0.932. The van der Waals surface area contributed by atoms with Crippen LogP contribution in [0.2, 0.25) is 0 Å². The summed E-state index contributed by atoms with van der Waals surface area (Å²) in [6.45, 7) is 4.41. The standard InChI is InChI=1S/C15H23NO3/c1-12-4-6-13(7-5-12)10-14(17)16-11-15(2,18)8-9-19-3/h4-7,18H,8-11H2,1-3H3,(H,16,17). The third-order valence-electron chi connectivity index (χ3n) is 3.00. The molecular formula is C15H23NO3. The van der Waals surface area contributed by atoms with Crippen LogP contribution in [-0.4, -0.2) is 36.9 Å². The quantitative estimate of drug-likeness (QED) is 0.784. The Hall–Kier alpha value is -1.39. The third-order valence-corrected chi connectivity index (χ3v) is 3.00. The van der Waals surface area contributed by atoms with Crippen LogP contribution in [0.25, 0.3) is 0 Å². The zero-order valence-electron chi connectivity index (χ0n) is 11.9. The van der Waals surface area contributed by atoms with Crippen LogP contribution in [0.15, 0.2) is 24.3 Å². The van der Waals surface area contributed by atoms with Crippen molar-refractivity contribution >= 4 is 5.91 Å². The van der Waals surface area contributed by atoms with E-state index in [0.29, 0.717) is 19.4 Å². The van der Waals surface area contributed by atoms with E-state index in [2.05, 4.69) is 5.32 Å². The monoisotopic (exact) mass is 265 g/mol. The van der Waals surface area contributed by atoms with Crippen molar-refractivity contribution in [2.24, 2.45) is 0 Å². The van der Waals surface area contributed by atoms with Crippen LogP contribution in [-0.2, 0) is 16.0 Å². The highest BCUT2D eigenvalue weighted by molar-refractivity contribution is 5.78. The average molecular weight is 265 g/mol. The summed E-state index contributed by atoms with van der Waals surface area (Å²) in [6, 6.07) is 7.85. The second-order valence-corrected chi connectivity index (χ2v) is 5.18. The van der Waals surface area contributed by atoms with Crippen LogP contribution in [0.4, 0.5) is 0 Å². The van der Waals surface area contributed by atoms with Gasteiger partial charge in [0.05, 0.1) is 12.0 Å². The van der Waals surface area contributed by atoms with Crippen molar-refractivity contribution in [1.82, 2.24) is 5.32 Å². The first-order valence-corrected chi connectivity index (χ1v) is 6.46. The van der Waals surface area contributed by atoms with Gasteiger partial charge < -0.3 is 15.2 Å². The molecule has 2 N–H and O–H groups in total. The topological polar surface area (TPSA) is 58.6 Å². The molecule has 0 saturated heterocycles. The van der Waals surface area contributed by atoms with Crippen molar-refractivity contribution in [2.45, 2.75) is 32.3 Å². The van der Waals surface area contributed by atoms with Crippen LogP contribution in [0.1, 0.15) is 24.5 Å². The van der Waals surface area contributed by atoms with Gasteiger partial charge in [0.15, 0.2) is 0 Å². The number of hydrogen-bond acceptors (Lipinski definition) is 3. The predicted molar refractivity (Wildman–Crippen MR) is 75.0 cm³/mol. The lowest BCUT2D eigenvalue weighted by atomic mass is 10.0. The molecule has 0 saturated carbocycles. The Morgan fingerprint density at radius 2 is 2.00 bits per heavy atom. The predicted octanol–water partition coefficient (Wildman–Crippen LogP) is 1.44. The normalized spacial score (nSPS) is 13.9. The summed E-state index contributed by atoms with van der Waals surface area (Å²) in [6.07, 6.45) is 0.828. The zero-order valence-corrected chi connectivity index (χ0v) is 11.9. The van der Waals surface area contributed by atoms with Gasteiger partial charge in [-0.3, -0.25) is 4.79 Å². The lowest BCUT2D eigenvalue weighted by molar-refractivity contribution is -0.121. The number of benzene rings is 1. The fraction of sp³-hybridized carbons (Fsp3) is 0.533. The van der Waals surface area contributed by atoms with Gasteiger partial charge in [-0.15, -0.1) is 0 Å². The first kappa shape index (κ1) is 15.7. The molecule has 1 aromatic rings. The van der Waals surface area contributed by atoms with Gasteiger partial charge in [0, 0.05) is 26.7 Å². The van der Waals surface area contributed by atoms with Crippen LogP contribution >= 0.6 is 0 Å². The number of nitrogens with one attached hydrogen (secondary N) is 1. The molecule has 0 fully saturated rings. The summed E-state index contributed by atoms with van der Waals surface area (Å²) < 4.78 is 4.92. The van der Waals surface area contributed by atoms with E-state index in [1.807, 2.05) is 31.2 Å². The summed E-state index contributed by atoms with van der Waals surface area (Å²) in [5.74, 6) is -0.0819. The number of rotatable bonds is 7. The summed E-state index contributed by atoms with van der Waals surface area (Å²) in [7, 11) is 1.59. The maximum Gasteiger partial charge on any atom is 0.224 e. The van der Waals surface area contributed by atoms with Gasteiger partial charge in [-0.05, 0) is 19.4 Å². The fourth-order valence-electron chi connectivity index (χ4n) is 1.65. The fourth-order valence-corrected chi connectivity index (χ4v) is 1.65. The maximum absolute atomic E-state index is 11.8. The maximum atomic E-state index is 11.8. The molecule has 0 heterocycles. The Morgan fingerprint density at radius 3 is 2.58 bits per heavy atom. The molecule has 106 valence electrons. The molecule has 0 aliphatic heterocycles. The van der Waals surface area contributed by atoms with Gasteiger partial charge in [0.2, 0.25) is 5.91 Å². The van der Waals surface area contributed by atoms with E-state index in [9.17, 15) is 9.90 Å². The minimum Gasteiger partial charge on any atom is -0.388 e. The first-order chi connectivity index (χ1) is 8.93. The molecule has 0 spiro atoms. The molecule has 4 nitrogen and oxygen atoms in total. The second-order valence-electron chi connectivity index (χ2n) is 5.18. The minimum absolute atomic E-state index is 0.0819. The molecule has 1 atom stereocenters. The van der Waals surface area contributed by atoms with E-state index in [1.165, 1.54) is 5.56 Å². The Kier molecular flexibility index (Phi) is 5.99. The highest BCUT2D eigenvalue weighted by atomic mass is 16.5. The van der Waals surface area contributed by atoms with E-state index in [4.69, 9.17) is 4.74 Å². The van der Waals surface area contributed by atoms with Crippen molar-refractivity contribution in [1.29, 1.82) is 0 Å². The van der Waals surface area contributed by atoms with Crippen LogP contribution < -0.4 is 5.32 Å². The smallest absolute Gasteiger partial charge is 0.224 e. The molecule has 0 aromatic heterocycles. The van der Waals surface area contributed by atoms with Gasteiger partial charge in [-0.2, -0.15) is 0 Å². The molecular weight excluding hydrogens is 242 g/mol. The van der Waals surface area contributed by atoms with Gasteiger partial charge >= 0.3 is 0 Å². The van der Waals surface area contributed by atoms with Crippen molar-refractivity contribution in [3.63, 3.8) is 0 Å². The third kappa shape index (κ3) is 6.36. The van der Waals surface area contributed by atoms with Crippen molar-refractivity contribution < 1.29 is 14.6 Å². The average Bonchev–Trinajstić information content (AvgIpc) is 2.37. The second kappa shape index (κ2) is 7.26. The highest BCUT2D eigenvalue weighted by Crippen LogP contribution is 2.08. The van der Waals surface area contributed by atoms with Crippen LogP contribution in [0.5, 0.6) is 0 Å². The number of ether oxygens (including phenoxy) is 1. The SMILES string of the molecule is COCCC(C)(O)CNC(=O)Cc1ccc(C)cc1. The number of hydrogen-bond donors (Lipinski definition) is 2. The van der Waals surface area contributed by atoms with Gasteiger partial charge in [0.1, 0.15) is 0 Å². The van der Waals surface area contributed by atoms with E-state index in [0.717, 1.165) is 5.56 Å². The van der Waals surface area contributed by atoms with E-state index >= 15 is 0 Å². The largest absolute Gasteiger partial charge is 0.388 e. The summed E-state index contributed by atoms with van der Waals surface area (Å²) >= 11 is 0. The number of amides is 1. The van der Waals surface area contributed by atoms with Crippen molar-refractivity contribution in [2.75, 3.05) is 20.3 Å². The molecule has 0 aliphatic carbocycles. The van der Waals surface area contributed by atoms with E-state index < -0.39 is 5.60 Å².